The van der Waals surface area contributed by atoms with E-state index in [1.165, 1.54) is 0 Å². The highest BCUT2D eigenvalue weighted by Crippen LogP contribution is 2.36. The van der Waals surface area contributed by atoms with Crippen molar-refractivity contribution in [2.45, 2.75) is 33.1 Å². The molecule has 5 rings (SSSR count). The Bertz CT molecular complexity index is 1510. The molecule has 0 bridgehead atoms. The van der Waals surface area contributed by atoms with Crippen LogP contribution in [-0.4, -0.2) is 16.9 Å². The number of benzene rings is 2. The summed E-state index contributed by atoms with van der Waals surface area (Å²) < 4.78 is 5.80. The number of rotatable bonds is 5. The van der Waals surface area contributed by atoms with Crippen LogP contribution in [-0.2, 0) is 10.2 Å². The Kier molecular flexibility index (Phi) is 6.09. The van der Waals surface area contributed by atoms with Gasteiger partial charge >= 0.3 is 6.03 Å². The number of urea groups is 1. The van der Waals surface area contributed by atoms with E-state index in [0.717, 1.165) is 34.1 Å². The molecule has 4 aromatic rings. The molecule has 0 spiro atoms. The summed E-state index contributed by atoms with van der Waals surface area (Å²) in [5.74, 6) is 1.33. The number of nitrogens with one attached hydrogen (secondary N) is 5. The number of H-pyrrole nitrogens is 1. The Hall–Kier alpha value is -4.72. The van der Waals surface area contributed by atoms with Gasteiger partial charge in [-0.3, -0.25) is 4.79 Å². The maximum atomic E-state index is 12.6. The fraction of sp³-hybridized carbons (Fsp3) is 0.172. The van der Waals surface area contributed by atoms with Crippen LogP contribution in [0.1, 0.15) is 43.5 Å². The fourth-order valence-corrected chi connectivity index (χ4v) is 4.11. The highest BCUT2D eigenvalue weighted by molar-refractivity contribution is 6.35. The minimum Gasteiger partial charge on any atom is -0.464 e. The molecule has 2 aromatic heterocycles. The van der Waals surface area contributed by atoms with E-state index in [-0.39, 0.29) is 17.4 Å². The van der Waals surface area contributed by atoms with Gasteiger partial charge in [-0.1, -0.05) is 32.9 Å². The smallest absolute Gasteiger partial charge is 0.323 e. The summed E-state index contributed by atoms with van der Waals surface area (Å²) in [5.41, 5.74) is 5.79. The zero-order valence-corrected chi connectivity index (χ0v) is 21.2. The third-order valence-electron chi connectivity index (χ3n) is 6.04. The number of aryl methyl sites for hydroxylation is 1. The first-order chi connectivity index (χ1) is 17.7. The number of aromatic amines is 1. The van der Waals surface area contributed by atoms with Crippen LogP contribution in [0.2, 0.25) is 0 Å². The summed E-state index contributed by atoms with van der Waals surface area (Å²) >= 11 is 0. The van der Waals surface area contributed by atoms with Gasteiger partial charge in [-0.05, 0) is 55.5 Å². The van der Waals surface area contributed by atoms with Crippen LogP contribution >= 0.6 is 0 Å². The second kappa shape index (κ2) is 9.39. The Balaban J connectivity index is 1.27. The van der Waals surface area contributed by atoms with Gasteiger partial charge in [0, 0.05) is 46.0 Å². The molecule has 1 aliphatic heterocycles. The maximum Gasteiger partial charge on any atom is 0.323 e. The van der Waals surface area contributed by atoms with Crippen LogP contribution < -0.4 is 21.3 Å². The molecule has 0 saturated carbocycles. The van der Waals surface area contributed by atoms with E-state index in [4.69, 9.17) is 4.42 Å². The first-order valence-electron chi connectivity index (χ1n) is 12.0. The lowest BCUT2D eigenvalue weighted by Gasteiger charge is -2.13. The molecule has 8 nitrogen and oxygen atoms in total. The van der Waals surface area contributed by atoms with Crippen molar-refractivity contribution >= 4 is 52.0 Å². The summed E-state index contributed by atoms with van der Waals surface area (Å²) in [4.78, 5) is 28.2. The molecule has 3 heterocycles. The molecular formula is C29H29N5O3. The van der Waals surface area contributed by atoms with Crippen molar-refractivity contribution < 1.29 is 14.0 Å². The van der Waals surface area contributed by atoms with Crippen molar-refractivity contribution in [2.75, 3.05) is 21.3 Å². The third kappa shape index (κ3) is 5.28. The van der Waals surface area contributed by atoms with Crippen molar-refractivity contribution in [2.24, 2.45) is 0 Å². The quantitative estimate of drug-likeness (QED) is 0.190. The molecule has 0 radical (unpaired) electrons. The van der Waals surface area contributed by atoms with Crippen molar-refractivity contribution in [3.05, 3.63) is 89.6 Å². The zero-order valence-electron chi connectivity index (χ0n) is 21.2. The van der Waals surface area contributed by atoms with Gasteiger partial charge in [0.2, 0.25) is 0 Å². The van der Waals surface area contributed by atoms with Gasteiger partial charge in [0.1, 0.15) is 11.5 Å². The maximum absolute atomic E-state index is 12.6. The highest BCUT2D eigenvalue weighted by atomic mass is 16.3. The highest BCUT2D eigenvalue weighted by Gasteiger charge is 2.24. The van der Waals surface area contributed by atoms with Crippen molar-refractivity contribution in [1.82, 2.24) is 4.98 Å². The standard InChI is InChI=1S/C29H29N5O3/c1-17-24(16-26(37-17)29(2,3)4)34-28(36)32-20-8-5-7-19(13-20)31-21-10-11-22-23(14-18-9-6-12-30-18)27(35)33-25(22)15-21/h5-16,30-31H,1-4H3,(H,33,35)(H2,32,34,36). The van der Waals surface area contributed by atoms with Gasteiger partial charge in [-0.25, -0.2) is 4.79 Å². The number of hydrogen-bond donors (Lipinski definition) is 5. The molecule has 37 heavy (non-hydrogen) atoms. The summed E-state index contributed by atoms with van der Waals surface area (Å²) in [6, 6.07) is 18.4. The Labute approximate surface area is 215 Å². The van der Waals surface area contributed by atoms with Crippen LogP contribution in [0.5, 0.6) is 0 Å². The molecule has 188 valence electrons. The van der Waals surface area contributed by atoms with E-state index in [1.807, 2.05) is 79.9 Å². The molecule has 5 N–H and O–H groups in total. The van der Waals surface area contributed by atoms with E-state index < -0.39 is 0 Å². The average Bonchev–Trinajstić information content (AvgIpc) is 3.54. The molecule has 8 heteroatoms. The Morgan fingerprint density at radius 1 is 0.946 bits per heavy atom. The lowest BCUT2D eigenvalue weighted by Crippen LogP contribution is -2.19. The summed E-state index contributed by atoms with van der Waals surface area (Å²) in [7, 11) is 0. The third-order valence-corrected chi connectivity index (χ3v) is 6.04. The molecule has 1 aliphatic rings. The number of fused-ring (bicyclic) bond motifs is 1. The van der Waals surface area contributed by atoms with Gasteiger partial charge < -0.3 is 30.7 Å². The van der Waals surface area contributed by atoms with E-state index in [1.54, 1.807) is 0 Å². The SMILES string of the molecule is Cc1oc(C(C)(C)C)cc1NC(=O)Nc1cccc(Nc2ccc3c(c2)NC(=O)C3=Cc2ccc[nH]2)c1. The molecule has 0 fully saturated rings. The largest absolute Gasteiger partial charge is 0.464 e. The molecule has 0 unspecified atom stereocenters. The molecule has 3 amide bonds. The van der Waals surface area contributed by atoms with Crippen LogP contribution in [0.4, 0.5) is 33.2 Å². The predicted molar refractivity (Wildman–Crippen MR) is 148 cm³/mol. The van der Waals surface area contributed by atoms with Crippen LogP contribution in [0.15, 0.2) is 71.3 Å². The summed E-state index contributed by atoms with van der Waals surface area (Å²) in [6.45, 7) is 8.00. The number of carbonyl (C=O) groups excluding carboxylic acids is 2. The van der Waals surface area contributed by atoms with Crippen molar-refractivity contribution in [3.63, 3.8) is 0 Å². The summed E-state index contributed by atoms with van der Waals surface area (Å²) in [6.07, 6.45) is 3.66. The Morgan fingerprint density at radius 3 is 2.46 bits per heavy atom. The number of carbonyl (C=O) groups is 2. The minimum atomic E-state index is -0.358. The van der Waals surface area contributed by atoms with Gasteiger partial charge in [0.05, 0.1) is 16.9 Å². The lowest BCUT2D eigenvalue weighted by atomic mass is 9.93. The fourth-order valence-electron chi connectivity index (χ4n) is 4.11. The van der Waals surface area contributed by atoms with Gasteiger partial charge in [-0.15, -0.1) is 0 Å². The monoisotopic (exact) mass is 495 g/mol. The predicted octanol–water partition coefficient (Wildman–Crippen LogP) is 7.09. The number of furan rings is 1. The summed E-state index contributed by atoms with van der Waals surface area (Å²) in [5, 5.41) is 12.0. The molecule has 0 atom stereocenters. The molecule has 0 saturated heterocycles. The van der Waals surface area contributed by atoms with Crippen molar-refractivity contribution in [3.8, 4) is 0 Å². The average molecular weight is 496 g/mol. The van der Waals surface area contributed by atoms with E-state index >= 15 is 0 Å². The normalized spacial score (nSPS) is 13.8. The molecular weight excluding hydrogens is 466 g/mol. The van der Waals surface area contributed by atoms with Gasteiger partial charge in [0.25, 0.3) is 5.91 Å². The number of anilines is 5. The molecule has 2 aromatic carbocycles. The van der Waals surface area contributed by atoms with E-state index in [9.17, 15) is 9.59 Å². The first-order valence-corrected chi connectivity index (χ1v) is 12.0. The second-order valence-electron chi connectivity index (χ2n) is 10.0. The second-order valence-corrected chi connectivity index (χ2v) is 10.0. The number of amides is 3. The first kappa shape index (κ1) is 24.0. The topological polar surface area (TPSA) is 111 Å². The Morgan fingerprint density at radius 2 is 1.73 bits per heavy atom. The number of hydrogen-bond acceptors (Lipinski definition) is 4. The van der Waals surface area contributed by atoms with Crippen LogP contribution in [0.25, 0.3) is 11.6 Å². The number of aromatic nitrogens is 1. The minimum absolute atomic E-state index is 0.138. The van der Waals surface area contributed by atoms with Crippen molar-refractivity contribution in [1.29, 1.82) is 0 Å². The van der Waals surface area contributed by atoms with Crippen LogP contribution in [0.3, 0.4) is 0 Å². The van der Waals surface area contributed by atoms with Crippen LogP contribution in [0, 0.1) is 6.92 Å². The van der Waals surface area contributed by atoms with E-state index in [2.05, 4.69) is 47.0 Å². The van der Waals surface area contributed by atoms with Gasteiger partial charge in [-0.2, -0.15) is 0 Å². The van der Waals surface area contributed by atoms with Gasteiger partial charge in [0.15, 0.2) is 0 Å². The zero-order chi connectivity index (χ0) is 26.2. The molecule has 0 aliphatic carbocycles. The lowest BCUT2D eigenvalue weighted by molar-refractivity contribution is -0.110. The van der Waals surface area contributed by atoms with E-state index in [0.29, 0.717) is 22.7 Å².